The predicted molar refractivity (Wildman–Crippen MR) is 74.6 cm³/mol. The maximum absolute atomic E-state index is 12.3. The van der Waals surface area contributed by atoms with E-state index < -0.39 is 17.8 Å². The Morgan fingerprint density at radius 1 is 1.25 bits per heavy atom. The number of carbonyl (C=O) groups is 2. The number of anilines is 1. The standard InChI is InChI=1S/C15H19NO4/c1-9-7-10(11(8-9)15(18)19)14(17)16-12-5-3-4-6-13(12)20-2/h3-6,9-11H,7-8H2,1-2H3,(H,16,17)(H,18,19)/t9?,10-,11+/m0/s1. The Morgan fingerprint density at radius 2 is 1.90 bits per heavy atom. The Morgan fingerprint density at radius 3 is 2.55 bits per heavy atom. The minimum Gasteiger partial charge on any atom is -0.495 e. The van der Waals surface area contributed by atoms with E-state index in [2.05, 4.69) is 5.32 Å². The van der Waals surface area contributed by atoms with Crippen molar-refractivity contribution in [2.45, 2.75) is 19.8 Å². The lowest BCUT2D eigenvalue weighted by atomic mass is 9.95. The molecule has 20 heavy (non-hydrogen) atoms. The van der Waals surface area contributed by atoms with Crippen molar-refractivity contribution >= 4 is 17.6 Å². The smallest absolute Gasteiger partial charge is 0.307 e. The molecule has 0 spiro atoms. The third-order valence-corrected chi connectivity index (χ3v) is 3.82. The van der Waals surface area contributed by atoms with Crippen molar-refractivity contribution in [1.29, 1.82) is 0 Å². The van der Waals surface area contributed by atoms with Crippen LogP contribution in [0.4, 0.5) is 5.69 Å². The normalized spacial score (nSPS) is 25.2. The van der Waals surface area contributed by atoms with Gasteiger partial charge in [0.25, 0.3) is 0 Å². The van der Waals surface area contributed by atoms with E-state index in [1.165, 1.54) is 7.11 Å². The molecule has 1 fully saturated rings. The van der Waals surface area contributed by atoms with Crippen molar-refractivity contribution in [3.63, 3.8) is 0 Å². The van der Waals surface area contributed by atoms with Crippen molar-refractivity contribution in [1.82, 2.24) is 0 Å². The molecule has 1 aromatic rings. The van der Waals surface area contributed by atoms with Crippen molar-refractivity contribution < 1.29 is 19.4 Å². The molecule has 108 valence electrons. The Labute approximate surface area is 117 Å². The number of para-hydroxylation sites is 2. The summed E-state index contributed by atoms with van der Waals surface area (Å²) in [6, 6.07) is 7.10. The molecule has 0 aliphatic heterocycles. The predicted octanol–water partition coefficient (Wildman–Crippen LogP) is 2.38. The molecule has 1 aliphatic carbocycles. The molecule has 1 saturated carbocycles. The van der Waals surface area contributed by atoms with Crippen LogP contribution in [0.1, 0.15) is 19.8 Å². The van der Waals surface area contributed by atoms with Crippen molar-refractivity contribution in [2.75, 3.05) is 12.4 Å². The Hall–Kier alpha value is -2.04. The molecule has 5 nitrogen and oxygen atoms in total. The van der Waals surface area contributed by atoms with Gasteiger partial charge in [0.15, 0.2) is 0 Å². The quantitative estimate of drug-likeness (QED) is 0.886. The van der Waals surface area contributed by atoms with E-state index >= 15 is 0 Å². The van der Waals surface area contributed by atoms with Gasteiger partial charge in [-0.2, -0.15) is 0 Å². The SMILES string of the molecule is COc1ccccc1NC(=O)[C@H]1CC(C)C[C@H]1C(=O)O. The van der Waals surface area contributed by atoms with E-state index in [1.54, 1.807) is 18.2 Å². The van der Waals surface area contributed by atoms with Gasteiger partial charge in [0, 0.05) is 0 Å². The summed E-state index contributed by atoms with van der Waals surface area (Å²) in [5.74, 6) is -1.39. The molecule has 1 unspecified atom stereocenters. The van der Waals surface area contributed by atoms with Gasteiger partial charge in [-0.25, -0.2) is 0 Å². The second-order valence-electron chi connectivity index (χ2n) is 5.32. The molecular weight excluding hydrogens is 258 g/mol. The Bertz CT molecular complexity index is 514. The van der Waals surface area contributed by atoms with Gasteiger partial charge in [0.2, 0.25) is 5.91 Å². The molecule has 3 atom stereocenters. The molecule has 5 heteroatoms. The Kier molecular flexibility index (Phi) is 4.27. The second kappa shape index (κ2) is 5.94. The van der Waals surface area contributed by atoms with Gasteiger partial charge in [0.05, 0.1) is 24.6 Å². The van der Waals surface area contributed by atoms with E-state index in [-0.39, 0.29) is 11.8 Å². The molecule has 1 amide bonds. The van der Waals surface area contributed by atoms with Crippen LogP contribution < -0.4 is 10.1 Å². The topological polar surface area (TPSA) is 75.6 Å². The summed E-state index contributed by atoms with van der Waals surface area (Å²) >= 11 is 0. The van der Waals surface area contributed by atoms with Crippen molar-refractivity contribution in [3.05, 3.63) is 24.3 Å². The largest absolute Gasteiger partial charge is 0.495 e. The van der Waals surface area contributed by atoms with Crippen LogP contribution in [0.5, 0.6) is 5.75 Å². The first kappa shape index (κ1) is 14.4. The van der Waals surface area contributed by atoms with Crippen LogP contribution in [0.2, 0.25) is 0 Å². The van der Waals surface area contributed by atoms with Crippen LogP contribution >= 0.6 is 0 Å². The number of methoxy groups -OCH3 is 1. The lowest BCUT2D eigenvalue weighted by molar-refractivity contribution is -0.145. The third-order valence-electron chi connectivity index (χ3n) is 3.82. The summed E-state index contributed by atoms with van der Waals surface area (Å²) < 4.78 is 5.17. The fraction of sp³-hybridized carbons (Fsp3) is 0.467. The van der Waals surface area contributed by atoms with Gasteiger partial charge >= 0.3 is 5.97 Å². The first-order chi connectivity index (χ1) is 9.52. The Balaban J connectivity index is 2.13. The van der Waals surface area contributed by atoms with Gasteiger partial charge in [-0.05, 0) is 30.9 Å². The zero-order chi connectivity index (χ0) is 14.7. The van der Waals surface area contributed by atoms with E-state index in [9.17, 15) is 14.7 Å². The number of carboxylic acid groups (broad SMARTS) is 1. The molecular formula is C15H19NO4. The van der Waals surface area contributed by atoms with Crippen LogP contribution in [0.3, 0.4) is 0 Å². The van der Waals surface area contributed by atoms with Crippen molar-refractivity contribution in [3.8, 4) is 5.75 Å². The minimum absolute atomic E-state index is 0.244. The second-order valence-corrected chi connectivity index (χ2v) is 5.32. The lowest BCUT2D eigenvalue weighted by Crippen LogP contribution is -2.30. The molecule has 1 aliphatic rings. The van der Waals surface area contributed by atoms with E-state index in [4.69, 9.17) is 4.74 Å². The van der Waals surface area contributed by atoms with Crippen molar-refractivity contribution in [2.24, 2.45) is 17.8 Å². The number of carboxylic acids is 1. The molecule has 0 bridgehead atoms. The number of nitrogens with one attached hydrogen (secondary N) is 1. The zero-order valence-electron chi connectivity index (χ0n) is 11.6. The highest BCUT2D eigenvalue weighted by atomic mass is 16.5. The lowest BCUT2D eigenvalue weighted by Gasteiger charge is -2.16. The zero-order valence-corrected chi connectivity index (χ0v) is 11.6. The summed E-state index contributed by atoms with van der Waals surface area (Å²) in [7, 11) is 1.53. The van der Waals surface area contributed by atoms with Gasteiger partial charge in [-0.15, -0.1) is 0 Å². The number of hydrogen-bond acceptors (Lipinski definition) is 3. The van der Waals surface area contributed by atoms with Crippen LogP contribution in [0.25, 0.3) is 0 Å². The molecule has 0 aromatic heterocycles. The molecule has 0 heterocycles. The highest BCUT2D eigenvalue weighted by Crippen LogP contribution is 2.37. The summed E-state index contributed by atoms with van der Waals surface area (Å²) in [4.78, 5) is 23.5. The third kappa shape index (κ3) is 2.92. The average Bonchev–Trinajstić information content (AvgIpc) is 2.82. The number of rotatable bonds is 4. The van der Waals surface area contributed by atoms with Crippen LogP contribution in [0.15, 0.2) is 24.3 Å². The highest BCUT2D eigenvalue weighted by molar-refractivity contribution is 5.96. The molecule has 1 aromatic carbocycles. The van der Waals surface area contributed by atoms with Crippen LogP contribution in [-0.4, -0.2) is 24.1 Å². The monoisotopic (exact) mass is 277 g/mol. The van der Waals surface area contributed by atoms with Crippen LogP contribution in [-0.2, 0) is 9.59 Å². The molecule has 2 N–H and O–H groups in total. The number of benzene rings is 1. The van der Waals surface area contributed by atoms with E-state index in [0.29, 0.717) is 24.3 Å². The number of amides is 1. The van der Waals surface area contributed by atoms with Gasteiger partial charge in [-0.3, -0.25) is 9.59 Å². The fourth-order valence-electron chi connectivity index (χ4n) is 2.83. The fourth-order valence-corrected chi connectivity index (χ4v) is 2.83. The number of aliphatic carboxylic acids is 1. The maximum Gasteiger partial charge on any atom is 0.307 e. The van der Waals surface area contributed by atoms with Gasteiger partial charge < -0.3 is 15.2 Å². The molecule has 0 radical (unpaired) electrons. The van der Waals surface area contributed by atoms with Gasteiger partial charge in [0.1, 0.15) is 5.75 Å². The number of carbonyl (C=O) groups excluding carboxylic acids is 1. The van der Waals surface area contributed by atoms with E-state index in [0.717, 1.165) is 0 Å². The first-order valence-corrected chi connectivity index (χ1v) is 6.69. The summed E-state index contributed by atoms with van der Waals surface area (Å²) in [5.41, 5.74) is 0.573. The maximum atomic E-state index is 12.3. The van der Waals surface area contributed by atoms with Gasteiger partial charge in [-0.1, -0.05) is 19.1 Å². The first-order valence-electron chi connectivity index (χ1n) is 6.69. The molecule has 0 saturated heterocycles. The highest BCUT2D eigenvalue weighted by Gasteiger charge is 2.41. The van der Waals surface area contributed by atoms with E-state index in [1.807, 2.05) is 13.0 Å². The number of hydrogen-bond donors (Lipinski definition) is 2. The van der Waals surface area contributed by atoms with Crippen LogP contribution in [0, 0.1) is 17.8 Å². The molecule has 2 rings (SSSR count). The summed E-state index contributed by atoms with van der Waals surface area (Å²) in [6.45, 7) is 1.98. The summed E-state index contributed by atoms with van der Waals surface area (Å²) in [5, 5.41) is 12.0. The number of ether oxygens (including phenoxy) is 1. The average molecular weight is 277 g/mol. The minimum atomic E-state index is -0.894. The summed E-state index contributed by atoms with van der Waals surface area (Å²) in [6.07, 6.45) is 1.16.